The summed E-state index contributed by atoms with van der Waals surface area (Å²) in [7, 11) is 1.69. The summed E-state index contributed by atoms with van der Waals surface area (Å²) < 4.78 is 16.4. The normalized spacial score (nSPS) is 11.4. The Morgan fingerprint density at radius 2 is 1.78 bits per heavy atom. The largest absolute Gasteiger partial charge is 0.491 e. The third-order valence-corrected chi connectivity index (χ3v) is 3.26. The Kier molecular flexibility index (Phi) is 15.3. The molecule has 1 rings (SSSR count). The number of guanidine groups is 1. The average molecular weight is 493 g/mol. The second kappa shape index (κ2) is 15.9. The lowest BCUT2D eigenvalue weighted by atomic mass is 10.2. The molecule has 0 aliphatic rings. The molecule has 0 radical (unpaired) electrons. The van der Waals surface area contributed by atoms with Gasteiger partial charge in [-0.15, -0.1) is 24.0 Å². The number of aliphatic imine (C=N–C) groups is 1. The smallest absolute Gasteiger partial charge is 0.195 e. The van der Waals surface area contributed by atoms with Gasteiger partial charge in [-0.25, -0.2) is 0 Å². The van der Waals surface area contributed by atoms with E-state index in [1.807, 2.05) is 38.1 Å². The van der Waals surface area contributed by atoms with Crippen LogP contribution < -0.4 is 15.4 Å². The molecule has 27 heavy (non-hydrogen) atoms. The van der Waals surface area contributed by atoms with Crippen LogP contribution in [0.2, 0.25) is 0 Å². The number of nitrogens with one attached hydrogen (secondary N) is 2. The number of rotatable bonds is 12. The van der Waals surface area contributed by atoms with Crippen LogP contribution in [0, 0.1) is 5.92 Å². The summed E-state index contributed by atoms with van der Waals surface area (Å²) in [4.78, 5) is 4.61. The number of methoxy groups -OCH3 is 1. The fourth-order valence-corrected chi connectivity index (χ4v) is 2.11. The van der Waals surface area contributed by atoms with Crippen molar-refractivity contribution in [3.63, 3.8) is 0 Å². The molecule has 0 spiro atoms. The first-order valence-corrected chi connectivity index (χ1v) is 9.40. The Morgan fingerprint density at radius 1 is 1.07 bits per heavy atom. The molecule has 0 bridgehead atoms. The first kappa shape index (κ1) is 25.9. The Bertz CT molecular complexity index is 508. The minimum absolute atomic E-state index is 0. The van der Waals surface area contributed by atoms with E-state index in [-0.39, 0.29) is 30.1 Å². The van der Waals surface area contributed by atoms with E-state index in [1.54, 1.807) is 7.11 Å². The van der Waals surface area contributed by atoms with E-state index >= 15 is 0 Å². The highest BCUT2D eigenvalue weighted by molar-refractivity contribution is 14.0. The van der Waals surface area contributed by atoms with Crippen molar-refractivity contribution in [1.82, 2.24) is 5.32 Å². The summed E-state index contributed by atoms with van der Waals surface area (Å²) in [5.41, 5.74) is 0.959. The van der Waals surface area contributed by atoms with E-state index < -0.39 is 0 Å². The Morgan fingerprint density at radius 3 is 2.37 bits per heavy atom. The van der Waals surface area contributed by atoms with Crippen LogP contribution in [0.5, 0.6) is 5.75 Å². The predicted octanol–water partition coefficient (Wildman–Crippen LogP) is 4.16. The van der Waals surface area contributed by atoms with Crippen molar-refractivity contribution in [3.8, 4) is 5.75 Å². The third kappa shape index (κ3) is 13.7. The molecule has 0 fully saturated rings. The zero-order valence-electron chi connectivity index (χ0n) is 17.3. The van der Waals surface area contributed by atoms with Crippen LogP contribution in [0.1, 0.15) is 34.1 Å². The Labute approximate surface area is 181 Å². The third-order valence-electron chi connectivity index (χ3n) is 3.26. The maximum Gasteiger partial charge on any atom is 0.195 e. The fraction of sp³-hybridized carbons (Fsp3) is 0.650. The zero-order chi connectivity index (χ0) is 19.2. The molecule has 2 N–H and O–H groups in total. The quantitative estimate of drug-likeness (QED) is 0.198. The van der Waals surface area contributed by atoms with E-state index in [1.165, 1.54) is 0 Å². The molecular formula is C20H36IN3O3. The van der Waals surface area contributed by atoms with Crippen LogP contribution >= 0.6 is 24.0 Å². The van der Waals surface area contributed by atoms with Gasteiger partial charge in [0.05, 0.1) is 12.7 Å². The van der Waals surface area contributed by atoms with E-state index in [2.05, 4.69) is 29.5 Å². The molecule has 1 aromatic rings. The molecule has 0 heterocycles. The van der Waals surface area contributed by atoms with Gasteiger partial charge in [-0.3, -0.25) is 4.99 Å². The highest BCUT2D eigenvalue weighted by Crippen LogP contribution is 2.16. The van der Waals surface area contributed by atoms with Crippen molar-refractivity contribution in [2.24, 2.45) is 10.9 Å². The van der Waals surface area contributed by atoms with Gasteiger partial charge in [0, 0.05) is 39.1 Å². The van der Waals surface area contributed by atoms with Gasteiger partial charge in [0.25, 0.3) is 0 Å². The van der Waals surface area contributed by atoms with Crippen molar-refractivity contribution in [2.75, 3.05) is 45.3 Å². The van der Waals surface area contributed by atoms with Gasteiger partial charge >= 0.3 is 0 Å². The van der Waals surface area contributed by atoms with E-state index in [0.717, 1.165) is 37.0 Å². The van der Waals surface area contributed by atoms with Crippen molar-refractivity contribution in [2.45, 2.75) is 40.2 Å². The summed E-state index contributed by atoms with van der Waals surface area (Å²) in [5.74, 6) is 2.16. The van der Waals surface area contributed by atoms with Gasteiger partial charge in [-0.1, -0.05) is 13.8 Å². The molecule has 0 aromatic heterocycles. The van der Waals surface area contributed by atoms with Crippen LogP contribution in [0.25, 0.3) is 0 Å². The van der Waals surface area contributed by atoms with Crippen LogP contribution in [0.15, 0.2) is 29.3 Å². The lowest BCUT2D eigenvalue weighted by molar-refractivity contribution is 0.109. The van der Waals surface area contributed by atoms with Crippen molar-refractivity contribution >= 4 is 35.6 Å². The van der Waals surface area contributed by atoms with Crippen LogP contribution in [-0.4, -0.2) is 52.1 Å². The molecule has 0 aliphatic carbocycles. The zero-order valence-corrected chi connectivity index (χ0v) is 19.6. The maximum atomic E-state index is 5.67. The molecule has 6 nitrogen and oxygen atoms in total. The average Bonchev–Trinajstić information content (AvgIpc) is 2.59. The number of nitrogens with zero attached hydrogens (tertiary/aromatic N) is 1. The van der Waals surface area contributed by atoms with E-state index in [9.17, 15) is 0 Å². The molecule has 0 amide bonds. The van der Waals surface area contributed by atoms with Crippen molar-refractivity contribution < 1.29 is 14.2 Å². The van der Waals surface area contributed by atoms with Crippen LogP contribution in [0.3, 0.4) is 0 Å². The highest BCUT2D eigenvalue weighted by Gasteiger charge is 2.02. The first-order chi connectivity index (χ1) is 12.5. The summed E-state index contributed by atoms with van der Waals surface area (Å²) in [6.45, 7) is 11.9. The SMILES string of the molecule is COCCNC(=NCCCOCC(C)C)Nc1ccc(OC(C)C)cc1.I. The summed E-state index contributed by atoms with van der Waals surface area (Å²) >= 11 is 0. The molecule has 156 valence electrons. The number of anilines is 1. The van der Waals surface area contributed by atoms with Gasteiger partial charge in [0.2, 0.25) is 0 Å². The van der Waals surface area contributed by atoms with Crippen LogP contribution in [-0.2, 0) is 9.47 Å². The van der Waals surface area contributed by atoms with Gasteiger partial charge in [0.1, 0.15) is 5.75 Å². The second-order valence-electron chi connectivity index (χ2n) is 6.79. The van der Waals surface area contributed by atoms with Gasteiger partial charge in [-0.2, -0.15) is 0 Å². The van der Waals surface area contributed by atoms with E-state index in [4.69, 9.17) is 14.2 Å². The van der Waals surface area contributed by atoms with Gasteiger partial charge < -0.3 is 24.8 Å². The van der Waals surface area contributed by atoms with Crippen molar-refractivity contribution in [1.29, 1.82) is 0 Å². The number of hydrogen-bond acceptors (Lipinski definition) is 4. The molecule has 0 saturated carbocycles. The number of ether oxygens (including phenoxy) is 3. The van der Waals surface area contributed by atoms with Gasteiger partial charge in [-0.05, 0) is 50.5 Å². The topological polar surface area (TPSA) is 64.1 Å². The summed E-state index contributed by atoms with van der Waals surface area (Å²) in [5, 5.41) is 6.58. The summed E-state index contributed by atoms with van der Waals surface area (Å²) in [6.07, 6.45) is 1.06. The minimum atomic E-state index is 0. The lowest BCUT2D eigenvalue weighted by Crippen LogP contribution is -2.33. The van der Waals surface area contributed by atoms with Crippen LogP contribution in [0.4, 0.5) is 5.69 Å². The Hall–Kier alpha value is -1.06. The van der Waals surface area contributed by atoms with E-state index in [0.29, 0.717) is 25.6 Å². The summed E-state index contributed by atoms with van der Waals surface area (Å²) in [6, 6.07) is 7.87. The van der Waals surface area contributed by atoms with Crippen molar-refractivity contribution in [3.05, 3.63) is 24.3 Å². The second-order valence-corrected chi connectivity index (χ2v) is 6.79. The predicted molar refractivity (Wildman–Crippen MR) is 124 cm³/mol. The molecule has 0 aliphatic heterocycles. The number of benzene rings is 1. The Balaban J connectivity index is 0.00000676. The lowest BCUT2D eigenvalue weighted by Gasteiger charge is -2.14. The molecule has 0 unspecified atom stereocenters. The fourth-order valence-electron chi connectivity index (χ4n) is 2.11. The molecule has 1 aromatic carbocycles. The standard InChI is InChI=1S/C20H35N3O3.HI/c1-16(2)15-25-13-6-11-21-20(22-12-14-24-5)23-18-7-9-19(10-8-18)26-17(3)4;/h7-10,16-17H,6,11-15H2,1-5H3,(H2,21,22,23);1H. The molecular weight excluding hydrogens is 457 g/mol. The molecule has 0 saturated heterocycles. The number of halogens is 1. The molecule has 7 heteroatoms. The van der Waals surface area contributed by atoms with Gasteiger partial charge in [0.15, 0.2) is 5.96 Å². The monoisotopic (exact) mass is 493 g/mol. The minimum Gasteiger partial charge on any atom is -0.491 e. The molecule has 0 atom stereocenters. The maximum absolute atomic E-state index is 5.67. The first-order valence-electron chi connectivity index (χ1n) is 9.40. The highest BCUT2D eigenvalue weighted by atomic mass is 127. The number of hydrogen-bond donors (Lipinski definition) is 2.